The lowest BCUT2D eigenvalue weighted by atomic mass is 9.85. The van der Waals surface area contributed by atoms with Crippen LogP contribution in [0.1, 0.15) is 37.1 Å². The van der Waals surface area contributed by atoms with Gasteiger partial charge in [0, 0.05) is 18.6 Å². The van der Waals surface area contributed by atoms with E-state index in [9.17, 15) is 13.6 Å². The van der Waals surface area contributed by atoms with Gasteiger partial charge in [-0.15, -0.1) is 10.2 Å². The summed E-state index contributed by atoms with van der Waals surface area (Å²) in [6, 6.07) is 0.399. The van der Waals surface area contributed by atoms with Crippen LogP contribution in [0.25, 0.3) is 0 Å². The lowest BCUT2D eigenvalue weighted by Crippen LogP contribution is -2.52. The van der Waals surface area contributed by atoms with Crippen molar-refractivity contribution in [3.63, 3.8) is 0 Å². The molecule has 1 aromatic heterocycles. The maximum atomic E-state index is 12.4. The normalized spacial score (nSPS) is 24.5. The number of carboxylic acid groups (broad SMARTS) is 1. The van der Waals surface area contributed by atoms with Crippen molar-refractivity contribution in [1.29, 1.82) is 0 Å². The van der Waals surface area contributed by atoms with E-state index >= 15 is 0 Å². The average Bonchev–Trinajstić information content (AvgIpc) is 3.07. The molecule has 0 unspecified atom stereocenters. The van der Waals surface area contributed by atoms with Crippen molar-refractivity contribution in [2.75, 3.05) is 18.4 Å². The molecule has 6 nitrogen and oxygen atoms in total. The molecule has 122 valence electrons. The Morgan fingerprint density at radius 3 is 2.68 bits per heavy atom. The third-order valence-corrected chi connectivity index (χ3v) is 4.97. The molecule has 0 aromatic carbocycles. The van der Waals surface area contributed by atoms with Crippen LogP contribution in [0.4, 0.5) is 13.9 Å². The Balaban J connectivity index is 1.47. The molecule has 1 heterocycles. The van der Waals surface area contributed by atoms with Crippen molar-refractivity contribution in [3.05, 3.63) is 5.01 Å². The zero-order chi connectivity index (χ0) is 15.7. The first-order valence-corrected chi connectivity index (χ1v) is 8.17. The van der Waals surface area contributed by atoms with Crippen LogP contribution in [0.2, 0.25) is 0 Å². The lowest BCUT2D eigenvalue weighted by molar-refractivity contribution is -0.139. The summed E-state index contributed by atoms with van der Waals surface area (Å²) >= 11 is 0.868. The Morgan fingerprint density at radius 2 is 2.14 bits per heavy atom. The molecule has 0 saturated heterocycles. The van der Waals surface area contributed by atoms with Gasteiger partial charge in [0.1, 0.15) is 0 Å². The Hall–Kier alpha value is -1.35. The number of rotatable bonds is 8. The summed E-state index contributed by atoms with van der Waals surface area (Å²) < 4.78 is 24.9. The summed E-state index contributed by atoms with van der Waals surface area (Å²) in [7, 11) is 0. The molecule has 0 amide bonds. The first kappa shape index (κ1) is 15.5. The first-order valence-electron chi connectivity index (χ1n) is 7.35. The van der Waals surface area contributed by atoms with Crippen LogP contribution in [0.15, 0.2) is 0 Å². The van der Waals surface area contributed by atoms with Crippen LogP contribution < -0.4 is 5.32 Å². The molecular formula is C13H18F2N4O2S. The summed E-state index contributed by atoms with van der Waals surface area (Å²) in [4.78, 5) is 13.0. The van der Waals surface area contributed by atoms with Gasteiger partial charge in [-0.1, -0.05) is 11.3 Å². The van der Waals surface area contributed by atoms with E-state index in [0.717, 1.165) is 30.7 Å². The van der Waals surface area contributed by atoms with Crippen molar-refractivity contribution in [2.24, 2.45) is 5.92 Å². The molecule has 0 bridgehead atoms. The summed E-state index contributed by atoms with van der Waals surface area (Å²) in [6.45, 7) is 0.917. The van der Waals surface area contributed by atoms with Gasteiger partial charge in [0.05, 0.1) is 6.54 Å². The minimum absolute atomic E-state index is 0.0717. The van der Waals surface area contributed by atoms with E-state index in [1.54, 1.807) is 0 Å². The minimum Gasteiger partial charge on any atom is -0.480 e. The predicted molar refractivity (Wildman–Crippen MR) is 77.2 cm³/mol. The number of anilines is 1. The van der Waals surface area contributed by atoms with E-state index < -0.39 is 12.4 Å². The smallest absolute Gasteiger partial charge is 0.317 e. The highest BCUT2D eigenvalue weighted by Crippen LogP contribution is 2.35. The average molecular weight is 332 g/mol. The van der Waals surface area contributed by atoms with Gasteiger partial charge in [-0.25, -0.2) is 8.78 Å². The molecular weight excluding hydrogens is 314 g/mol. The van der Waals surface area contributed by atoms with Crippen LogP contribution in [-0.2, 0) is 4.79 Å². The number of hydrogen-bond donors (Lipinski definition) is 2. The minimum atomic E-state index is -2.59. The third kappa shape index (κ3) is 3.89. The van der Waals surface area contributed by atoms with Crippen LogP contribution in [0.5, 0.6) is 0 Å². The second kappa shape index (κ2) is 6.41. The molecule has 2 aliphatic carbocycles. The first-order chi connectivity index (χ1) is 10.5. The molecule has 22 heavy (non-hydrogen) atoms. The highest BCUT2D eigenvalue weighted by molar-refractivity contribution is 7.15. The highest BCUT2D eigenvalue weighted by atomic mass is 32.1. The lowest BCUT2D eigenvalue weighted by Gasteiger charge is -2.42. The Bertz CT molecular complexity index is 532. The van der Waals surface area contributed by atoms with Gasteiger partial charge in [-0.05, 0) is 31.6 Å². The van der Waals surface area contributed by atoms with Gasteiger partial charge in [0.2, 0.25) is 5.13 Å². The summed E-state index contributed by atoms with van der Waals surface area (Å²) in [5.74, 6) is -0.161. The number of hydrogen-bond acceptors (Lipinski definition) is 6. The molecule has 2 saturated carbocycles. The van der Waals surface area contributed by atoms with Crippen LogP contribution >= 0.6 is 11.3 Å². The fraction of sp³-hybridized carbons (Fsp3) is 0.769. The van der Waals surface area contributed by atoms with Gasteiger partial charge in [-0.2, -0.15) is 0 Å². The third-order valence-electron chi connectivity index (χ3n) is 4.11. The molecule has 9 heteroatoms. The zero-order valence-electron chi connectivity index (χ0n) is 11.9. The number of alkyl halides is 2. The number of carboxylic acids is 1. The summed E-state index contributed by atoms with van der Waals surface area (Å²) in [5.41, 5.74) is 0. The molecule has 1 aromatic rings. The van der Waals surface area contributed by atoms with Crippen molar-refractivity contribution in [3.8, 4) is 0 Å². The van der Waals surface area contributed by atoms with Crippen molar-refractivity contribution >= 4 is 22.4 Å². The van der Waals surface area contributed by atoms with Gasteiger partial charge >= 0.3 is 5.97 Å². The maximum Gasteiger partial charge on any atom is 0.317 e. The van der Waals surface area contributed by atoms with Gasteiger partial charge in [0.25, 0.3) is 6.43 Å². The SMILES string of the molecule is O=C(O)CN(CC1CC1)C1CC(Nc2nnc(C(F)F)s2)C1. The van der Waals surface area contributed by atoms with E-state index in [0.29, 0.717) is 11.0 Å². The zero-order valence-corrected chi connectivity index (χ0v) is 12.7. The van der Waals surface area contributed by atoms with Crippen molar-refractivity contribution in [2.45, 2.75) is 44.2 Å². The molecule has 2 fully saturated rings. The second-order valence-corrected chi connectivity index (χ2v) is 6.99. The maximum absolute atomic E-state index is 12.4. The van der Waals surface area contributed by atoms with E-state index in [2.05, 4.69) is 15.5 Å². The molecule has 0 aliphatic heterocycles. The van der Waals surface area contributed by atoms with Crippen molar-refractivity contribution in [1.82, 2.24) is 15.1 Å². The number of nitrogens with one attached hydrogen (secondary N) is 1. The molecule has 3 rings (SSSR count). The number of aliphatic carboxylic acids is 1. The van der Waals surface area contributed by atoms with E-state index in [1.165, 1.54) is 12.8 Å². The summed E-state index contributed by atoms with van der Waals surface area (Å²) in [5, 5.41) is 19.4. The van der Waals surface area contributed by atoms with Gasteiger partial charge < -0.3 is 10.4 Å². The van der Waals surface area contributed by atoms with Gasteiger partial charge in [-0.3, -0.25) is 9.69 Å². The molecule has 0 atom stereocenters. The number of nitrogens with zero attached hydrogens (tertiary/aromatic N) is 3. The topological polar surface area (TPSA) is 78.4 Å². The Kier molecular flexibility index (Phi) is 4.53. The van der Waals surface area contributed by atoms with E-state index in [4.69, 9.17) is 5.11 Å². The second-order valence-electron chi connectivity index (χ2n) is 5.98. The van der Waals surface area contributed by atoms with Crippen LogP contribution in [0, 0.1) is 5.92 Å². The van der Waals surface area contributed by atoms with E-state index in [1.807, 2.05) is 4.90 Å². The van der Waals surface area contributed by atoms with Crippen LogP contribution in [-0.4, -0.2) is 51.3 Å². The molecule has 2 N–H and O–H groups in total. The van der Waals surface area contributed by atoms with Crippen molar-refractivity contribution < 1.29 is 18.7 Å². The Morgan fingerprint density at radius 1 is 1.41 bits per heavy atom. The Labute approximate surface area is 130 Å². The number of aromatic nitrogens is 2. The molecule has 2 aliphatic rings. The number of carbonyl (C=O) groups is 1. The fourth-order valence-electron chi connectivity index (χ4n) is 2.71. The van der Waals surface area contributed by atoms with E-state index in [-0.39, 0.29) is 23.6 Å². The number of halogens is 2. The molecule has 0 radical (unpaired) electrons. The largest absolute Gasteiger partial charge is 0.480 e. The standard InChI is InChI=1S/C13H18F2N4O2S/c14-11(15)12-17-18-13(22-12)16-8-3-9(4-8)19(6-10(20)21)5-7-1-2-7/h7-9,11H,1-6H2,(H,16,18)(H,20,21). The molecule has 0 spiro atoms. The monoisotopic (exact) mass is 332 g/mol. The highest BCUT2D eigenvalue weighted by Gasteiger charge is 2.37. The van der Waals surface area contributed by atoms with Gasteiger partial charge in [0.15, 0.2) is 5.01 Å². The quantitative estimate of drug-likeness (QED) is 0.760. The van der Waals surface area contributed by atoms with Crippen LogP contribution in [0.3, 0.4) is 0 Å². The predicted octanol–water partition coefficient (Wildman–Crippen LogP) is 2.22. The fourth-order valence-corrected chi connectivity index (χ4v) is 3.38. The summed E-state index contributed by atoms with van der Waals surface area (Å²) in [6.07, 6.45) is 1.40.